The van der Waals surface area contributed by atoms with E-state index in [1.807, 2.05) is 0 Å². The van der Waals surface area contributed by atoms with Crippen molar-refractivity contribution < 1.29 is 9.31 Å². The molecule has 0 saturated carbocycles. The topological polar surface area (TPSA) is 18.5 Å². The van der Waals surface area contributed by atoms with Gasteiger partial charge in [-0.1, -0.05) is 27.2 Å². The number of rotatable bonds is 4. The molecule has 0 aromatic carbocycles. The molecule has 0 aromatic rings. The molecule has 60 valence electrons. The minimum atomic E-state index is -0.0856. The zero-order valence-corrected chi connectivity index (χ0v) is 7.60. The zero-order valence-electron chi connectivity index (χ0n) is 7.60. The van der Waals surface area contributed by atoms with Crippen LogP contribution in [-0.4, -0.2) is 21.3 Å². The lowest BCUT2D eigenvalue weighted by molar-refractivity contribution is 0.245. The Kier molecular flexibility index (Phi) is 3.98. The molecule has 0 aliphatic heterocycles. The Labute approximate surface area is 64.0 Å². The molecule has 0 aliphatic rings. The predicted octanol–water partition coefficient (Wildman–Crippen LogP) is 1.96. The van der Waals surface area contributed by atoms with E-state index >= 15 is 0 Å². The Hall–Kier alpha value is -0.0151. The summed E-state index contributed by atoms with van der Waals surface area (Å²) in [6.45, 7) is 6.39. The van der Waals surface area contributed by atoms with Crippen LogP contribution >= 0.6 is 0 Å². The van der Waals surface area contributed by atoms with Crippen molar-refractivity contribution in [2.75, 3.05) is 14.2 Å². The monoisotopic (exact) mass is 144 g/mol. The Bertz CT molecular complexity index is 89.6. The highest BCUT2D eigenvalue weighted by Crippen LogP contribution is 2.32. The lowest BCUT2D eigenvalue weighted by Gasteiger charge is -2.26. The fourth-order valence-electron chi connectivity index (χ4n) is 0.901. The van der Waals surface area contributed by atoms with Gasteiger partial charge >= 0.3 is 7.12 Å². The summed E-state index contributed by atoms with van der Waals surface area (Å²) < 4.78 is 10.3. The van der Waals surface area contributed by atoms with Crippen LogP contribution in [0.4, 0.5) is 0 Å². The van der Waals surface area contributed by atoms with Gasteiger partial charge in [-0.25, -0.2) is 0 Å². The lowest BCUT2D eigenvalue weighted by atomic mass is 9.58. The molecule has 2 nitrogen and oxygen atoms in total. The summed E-state index contributed by atoms with van der Waals surface area (Å²) in [6, 6.07) is 0. The van der Waals surface area contributed by atoms with Crippen molar-refractivity contribution in [3.8, 4) is 0 Å². The normalized spacial score (nSPS) is 11.7. The van der Waals surface area contributed by atoms with Gasteiger partial charge in [0.2, 0.25) is 0 Å². The summed E-state index contributed by atoms with van der Waals surface area (Å²) in [7, 11) is 3.26. The van der Waals surface area contributed by atoms with Crippen molar-refractivity contribution in [3.05, 3.63) is 0 Å². The molecule has 0 saturated heterocycles. The van der Waals surface area contributed by atoms with E-state index in [0.29, 0.717) is 0 Å². The van der Waals surface area contributed by atoms with Crippen molar-refractivity contribution in [2.45, 2.75) is 32.5 Å². The van der Waals surface area contributed by atoms with Crippen LogP contribution < -0.4 is 0 Å². The van der Waals surface area contributed by atoms with Gasteiger partial charge in [-0.05, 0) is 5.31 Å². The predicted molar refractivity (Wildman–Crippen MR) is 44.1 cm³/mol. The van der Waals surface area contributed by atoms with Crippen molar-refractivity contribution >= 4 is 7.12 Å². The average molecular weight is 144 g/mol. The van der Waals surface area contributed by atoms with E-state index in [-0.39, 0.29) is 12.4 Å². The van der Waals surface area contributed by atoms with Crippen molar-refractivity contribution in [2.24, 2.45) is 0 Å². The fraction of sp³-hybridized carbons (Fsp3) is 1.00. The van der Waals surface area contributed by atoms with Gasteiger partial charge in [0.15, 0.2) is 0 Å². The Morgan fingerprint density at radius 1 is 1.20 bits per heavy atom. The van der Waals surface area contributed by atoms with Crippen LogP contribution in [0.15, 0.2) is 0 Å². The minimum absolute atomic E-state index is 0.0856. The molecule has 0 unspecified atom stereocenters. The maximum atomic E-state index is 5.13. The molecule has 0 heterocycles. The van der Waals surface area contributed by atoms with Gasteiger partial charge in [0, 0.05) is 14.2 Å². The zero-order chi connectivity index (χ0) is 8.20. The Morgan fingerprint density at radius 2 is 1.60 bits per heavy atom. The molecule has 0 fully saturated rings. The van der Waals surface area contributed by atoms with Crippen LogP contribution in [0.3, 0.4) is 0 Å². The average Bonchev–Trinajstić information content (AvgIpc) is 1.90. The summed E-state index contributed by atoms with van der Waals surface area (Å²) >= 11 is 0. The molecule has 0 bridgehead atoms. The van der Waals surface area contributed by atoms with Crippen LogP contribution in [0.1, 0.15) is 27.2 Å². The van der Waals surface area contributed by atoms with E-state index < -0.39 is 0 Å². The molecule has 0 N–H and O–H groups in total. The summed E-state index contributed by atoms with van der Waals surface area (Å²) in [5.41, 5.74) is 0. The molecule has 0 spiro atoms. The lowest BCUT2D eigenvalue weighted by Crippen LogP contribution is -2.32. The van der Waals surface area contributed by atoms with Crippen LogP contribution in [0, 0.1) is 0 Å². The quantitative estimate of drug-likeness (QED) is 0.561. The standard InChI is InChI=1S/C7H17BO2/c1-6-7(2,3)8(9-4)10-5/h6H2,1-5H3. The largest absolute Gasteiger partial charge is 0.462 e. The molecule has 0 atom stereocenters. The highest BCUT2D eigenvalue weighted by atomic mass is 16.6. The molecular formula is C7H17BO2. The van der Waals surface area contributed by atoms with Gasteiger partial charge in [0.1, 0.15) is 0 Å². The van der Waals surface area contributed by atoms with Gasteiger partial charge in [0.25, 0.3) is 0 Å². The smallest absolute Gasteiger partial charge is 0.414 e. The van der Waals surface area contributed by atoms with Crippen LogP contribution in [-0.2, 0) is 9.31 Å². The third-order valence-electron chi connectivity index (χ3n) is 1.98. The van der Waals surface area contributed by atoms with Gasteiger partial charge in [-0.15, -0.1) is 0 Å². The highest BCUT2D eigenvalue weighted by molar-refractivity contribution is 6.48. The highest BCUT2D eigenvalue weighted by Gasteiger charge is 2.34. The van der Waals surface area contributed by atoms with Gasteiger partial charge < -0.3 is 9.31 Å². The molecule has 0 aromatic heterocycles. The van der Waals surface area contributed by atoms with Gasteiger partial charge in [0.05, 0.1) is 0 Å². The van der Waals surface area contributed by atoms with E-state index in [4.69, 9.17) is 9.31 Å². The van der Waals surface area contributed by atoms with Gasteiger partial charge in [-0.3, -0.25) is 0 Å². The van der Waals surface area contributed by atoms with E-state index in [9.17, 15) is 0 Å². The SMILES string of the molecule is CCC(C)(C)B(OC)OC. The second kappa shape index (κ2) is 3.99. The van der Waals surface area contributed by atoms with E-state index in [1.165, 1.54) is 0 Å². The molecule has 0 rings (SSSR count). The third kappa shape index (κ3) is 2.31. The molecule has 3 heteroatoms. The van der Waals surface area contributed by atoms with Crippen LogP contribution in [0.2, 0.25) is 5.31 Å². The maximum Gasteiger partial charge on any atom is 0.462 e. The van der Waals surface area contributed by atoms with Gasteiger partial charge in [-0.2, -0.15) is 0 Å². The first-order valence-corrected chi connectivity index (χ1v) is 3.64. The van der Waals surface area contributed by atoms with Crippen molar-refractivity contribution in [1.29, 1.82) is 0 Å². The van der Waals surface area contributed by atoms with Crippen LogP contribution in [0.25, 0.3) is 0 Å². The minimum Gasteiger partial charge on any atom is -0.414 e. The maximum absolute atomic E-state index is 5.13. The summed E-state index contributed by atoms with van der Waals surface area (Å²) in [5.74, 6) is 0. The first-order chi connectivity index (χ1) is 4.58. The molecular weight excluding hydrogens is 127 g/mol. The van der Waals surface area contributed by atoms with Crippen molar-refractivity contribution in [1.82, 2.24) is 0 Å². The Morgan fingerprint density at radius 3 is 1.70 bits per heavy atom. The molecule has 0 aliphatic carbocycles. The van der Waals surface area contributed by atoms with Crippen LogP contribution in [0.5, 0.6) is 0 Å². The van der Waals surface area contributed by atoms with Crippen molar-refractivity contribution in [3.63, 3.8) is 0 Å². The molecule has 0 radical (unpaired) electrons. The summed E-state index contributed by atoms with van der Waals surface area (Å²) in [4.78, 5) is 0. The number of hydrogen-bond donors (Lipinski definition) is 0. The fourth-order valence-corrected chi connectivity index (χ4v) is 0.901. The first kappa shape index (κ1) is 9.98. The second-order valence-electron chi connectivity index (χ2n) is 3.15. The van der Waals surface area contributed by atoms with E-state index in [0.717, 1.165) is 6.42 Å². The summed E-state index contributed by atoms with van der Waals surface area (Å²) in [5, 5.41) is 0.115. The molecule has 10 heavy (non-hydrogen) atoms. The first-order valence-electron chi connectivity index (χ1n) is 3.64. The van der Waals surface area contributed by atoms with E-state index in [2.05, 4.69) is 20.8 Å². The summed E-state index contributed by atoms with van der Waals surface area (Å²) in [6.07, 6.45) is 1.05. The Balaban J connectivity index is 3.97. The molecule has 0 amide bonds. The number of hydrogen-bond acceptors (Lipinski definition) is 2. The second-order valence-corrected chi connectivity index (χ2v) is 3.15. The third-order valence-corrected chi connectivity index (χ3v) is 1.98. The van der Waals surface area contributed by atoms with E-state index in [1.54, 1.807) is 14.2 Å².